The van der Waals surface area contributed by atoms with Gasteiger partial charge in [0.05, 0.1) is 17.8 Å². The van der Waals surface area contributed by atoms with Crippen LogP contribution in [0.5, 0.6) is 0 Å². The summed E-state index contributed by atoms with van der Waals surface area (Å²) in [6.07, 6.45) is 1.22. The van der Waals surface area contributed by atoms with Crippen LogP contribution in [0.3, 0.4) is 0 Å². The third kappa shape index (κ3) is 4.18. The van der Waals surface area contributed by atoms with Gasteiger partial charge in [0.2, 0.25) is 0 Å². The molecule has 0 atom stereocenters. The van der Waals surface area contributed by atoms with Crippen molar-refractivity contribution in [1.29, 1.82) is 0 Å². The fourth-order valence-electron chi connectivity index (χ4n) is 1.68. The molecule has 6 heteroatoms. The third-order valence-corrected chi connectivity index (χ3v) is 3.90. The molecule has 0 fully saturated rings. The number of carbonyl (C=O) groups excluding carboxylic acids is 1. The van der Waals surface area contributed by atoms with Crippen LogP contribution in [0.15, 0.2) is 22.7 Å². The molecule has 3 N–H and O–H groups in total. The maximum atomic E-state index is 13.1. The quantitative estimate of drug-likeness (QED) is 0.775. The van der Waals surface area contributed by atoms with E-state index in [-0.39, 0.29) is 6.61 Å². The van der Waals surface area contributed by atoms with E-state index in [1.807, 2.05) is 13.8 Å². The third-order valence-electron chi connectivity index (χ3n) is 3.21. The van der Waals surface area contributed by atoms with Gasteiger partial charge in [-0.1, -0.05) is 13.8 Å². The van der Waals surface area contributed by atoms with Crippen molar-refractivity contribution in [3.05, 3.63) is 28.5 Å². The fraction of sp³-hybridized carbons (Fsp3) is 0.462. The molecule has 4 nitrogen and oxygen atoms in total. The lowest BCUT2D eigenvalue weighted by atomic mass is 9.94. The zero-order valence-corrected chi connectivity index (χ0v) is 12.6. The van der Waals surface area contributed by atoms with Gasteiger partial charge in [0, 0.05) is 4.47 Å². The summed E-state index contributed by atoms with van der Waals surface area (Å²) in [7, 11) is 0. The van der Waals surface area contributed by atoms with E-state index in [1.54, 1.807) is 0 Å². The molecular formula is C13H18BrFN2O2. The van der Waals surface area contributed by atoms with Crippen LogP contribution >= 0.6 is 15.9 Å². The zero-order chi connectivity index (χ0) is 14.5. The number of rotatable bonds is 5. The summed E-state index contributed by atoms with van der Waals surface area (Å²) in [5.41, 5.74) is -0.305. The number of nitrogens with one attached hydrogen (secondary N) is 2. The predicted molar refractivity (Wildman–Crippen MR) is 76.7 cm³/mol. The van der Waals surface area contributed by atoms with E-state index in [0.29, 0.717) is 23.0 Å². The Morgan fingerprint density at radius 1 is 1.42 bits per heavy atom. The number of urea groups is 1. The highest BCUT2D eigenvalue weighted by atomic mass is 79.9. The van der Waals surface area contributed by atoms with E-state index in [2.05, 4.69) is 26.6 Å². The molecule has 0 unspecified atom stereocenters. The Kier molecular flexibility index (Phi) is 5.75. The van der Waals surface area contributed by atoms with Crippen LogP contribution in [-0.4, -0.2) is 23.3 Å². The van der Waals surface area contributed by atoms with E-state index in [4.69, 9.17) is 0 Å². The molecule has 0 radical (unpaired) electrons. The second-order valence-electron chi connectivity index (χ2n) is 4.35. The highest BCUT2D eigenvalue weighted by molar-refractivity contribution is 9.10. The van der Waals surface area contributed by atoms with Gasteiger partial charge in [-0.3, -0.25) is 0 Å². The highest BCUT2D eigenvalue weighted by Gasteiger charge is 2.27. The van der Waals surface area contributed by atoms with E-state index in [9.17, 15) is 14.3 Å². The van der Waals surface area contributed by atoms with Crippen molar-refractivity contribution in [2.24, 2.45) is 0 Å². The van der Waals surface area contributed by atoms with Crippen LogP contribution < -0.4 is 10.6 Å². The Morgan fingerprint density at radius 2 is 2.05 bits per heavy atom. The summed E-state index contributed by atoms with van der Waals surface area (Å²) in [4.78, 5) is 11.9. The molecule has 0 saturated carbocycles. The molecule has 0 spiro atoms. The molecule has 0 aliphatic rings. The van der Waals surface area contributed by atoms with Crippen LogP contribution in [0.2, 0.25) is 0 Å². The number of aliphatic hydroxyl groups is 1. The van der Waals surface area contributed by atoms with Crippen LogP contribution in [0.25, 0.3) is 0 Å². The molecule has 106 valence electrons. The van der Waals surface area contributed by atoms with E-state index >= 15 is 0 Å². The average Bonchev–Trinajstić information content (AvgIpc) is 2.40. The van der Waals surface area contributed by atoms with Gasteiger partial charge in [-0.2, -0.15) is 0 Å². The van der Waals surface area contributed by atoms with Gasteiger partial charge in [-0.05, 0) is 47.0 Å². The predicted octanol–water partition coefficient (Wildman–Crippen LogP) is 3.26. The standard InChI is InChI=1S/C13H18BrFN2O2/c1-3-13(4-2,8-18)17-12(19)16-11-7-9(15)5-6-10(11)14/h5-7,18H,3-4,8H2,1-2H3,(H2,16,17,19). The minimum absolute atomic E-state index is 0.141. The summed E-state index contributed by atoms with van der Waals surface area (Å²) >= 11 is 3.23. The molecule has 0 bridgehead atoms. The molecule has 0 heterocycles. The molecule has 0 aliphatic carbocycles. The summed E-state index contributed by atoms with van der Waals surface area (Å²) in [5, 5.41) is 14.7. The minimum atomic E-state index is -0.649. The van der Waals surface area contributed by atoms with Gasteiger partial charge in [0.25, 0.3) is 0 Å². The Bertz CT molecular complexity index is 442. The van der Waals surface area contributed by atoms with Gasteiger partial charge in [0.1, 0.15) is 5.82 Å². The topological polar surface area (TPSA) is 61.4 Å². The highest BCUT2D eigenvalue weighted by Crippen LogP contribution is 2.23. The van der Waals surface area contributed by atoms with Gasteiger partial charge in [-0.25, -0.2) is 9.18 Å². The van der Waals surface area contributed by atoms with Crippen LogP contribution in [0.1, 0.15) is 26.7 Å². The van der Waals surface area contributed by atoms with Gasteiger partial charge in [0.15, 0.2) is 0 Å². The molecule has 1 aromatic rings. The van der Waals surface area contributed by atoms with Crippen molar-refractivity contribution in [3.63, 3.8) is 0 Å². The number of amides is 2. The molecule has 0 aromatic heterocycles. The second-order valence-corrected chi connectivity index (χ2v) is 5.20. The first-order valence-electron chi connectivity index (χ1n) is 6.11. The zero-order valence-electron chi connectivity index (χ0n) is 11.0. The van der Waals surface area contributed by atoms with Crippen molar-refractivity contribution in [1.82, 2.24) is 5.32 Å². The maximum absolute atomic E-state index is 13.1. The monoisotopic (exact) mass is 332 g/mol. The van der Waals surface area contributed by atoms with E-state index in [0.717, 1.165) is 0 Å². The lowest BCUT2D eigenvalue weighted by Gasteiger charge is -2.30. The summed E-state index contributed by atoms with van der Waals surface area (Å²) < 4.78 is 13.7. The summed E-state index contributed by atoms with van der Waals surface area (Å²) in [6.45, 7) is 3.63. The molecule has 1 aromatic carbocycles. The first-order valence-corrected chi connectivity index (χ1v) is 6.90. The summed E-state index contributed by atoms with van der Waals surface area (Å²) in [5.74, 6) is -0.432. The van der Waals surface area contributed by atoms with Gasteiger partial charge < -0.3 is 15.7 Å². The first-order chi connectivity index (χ1) is 8.96. The Balaban J connectivity index is 2.77. The van der Waals surface area contributed by atoms with Crippen molar-refractivity contribution in [2.45, 2.75) is 32.2 Å². The number of anilines is 1. The Morgan fingerprint density at radius 3 is 2.58 bits per heavy atom. The van der Waals surface area contributed by atoms with Crippen LogP contribution in [0, 0.1) is 5.82 Å². The molecule has 19 heavy (non-hydrogen) atoms. The van der Waals surface area contributed by atoms with Gasteiger partial charge >= 0.3 is 6.03 Å². The average molecular weight is 333 g/mol. The Hall–Kier alpha value is -1.14. The SMILES string of the molecule is CCC(CC)(CO)NC(=O)Nc1cc(F)ccc1Br. The van der Waals surface area contributed by atoms with E-state index < -0.39 is 17.4 Å². The number of hydrogen-bond donors (Lipinski definition) is 3. The normalized spacial score (nSPS) is 11.2. The Labute approximate surface area is 120 Å². The van der Waals surface area contributed by atoms with Crippen molar-refractivity contribution in [2.75, 3.05) is 11.9 Å². The molecule has 0 aliphatic heterocycles. The summed E-state index contributed by atoms with van der Waals surface area (Å²) in [6, 6.07) is 3.57. The molecular weight excluding hydrogens is 315 g/mol. The van der Waals surface area contributed by atoms with Crippen molar-refractivity contribution < 1.29 is 14.3 Å². The fourth-order valence-corrected chi connectivity index (χ4v) is 2.02. The maximum Gasteiger partial charge on any atom is 0.319 e. The minimum Gasteiger partial charge on any atom is -0.394 e. The van der Waals surface area contributed by atoms with E-state index in [1.165, 1.54) is 18.2 Å². The van der Waals surface area contributed by atoms with Crippen LogP contribution in [-0.2, 0) is 0 Å². The largest absolute Gasteiger partial charge is 0.394 e. The number of carbonyl (C=O) groups is 1. The lowest BCUT2D eigenvalue weighted by molar-refractivity contribution is 0.155. The number of benzene rings is 1. The van der Waals surface area contributed by atoms with Crippen LogP contribution in [0.4, 0.5) is 14.9 Å². The molecule has 2 amide bonds. The van der Waals surface area contributed by atoms with Crippen molar-refractivity contribution in [3.8, 4) is 0 Å². The first kappa shape index (κ1) is 15.9. The lowest BCUT2D eigenvalue weighted by Crippen LogP contribution is -2.52. The van der Waals surface area contributed by atoms with Crippen molar-refractivity contribution >= 4 is 27.6 Å². The number of aliphatic hydroxyl groups excluding tert-OH is 1. The second kappa shape index (κ2) is 6.86. The molecule has 1 rings (SSSR count). The number of hydrogen-bond acceptors (Lipinski definition) is 2. The van der Waals surface area contributed by atoms with Gasteiger partial charge in [-0.15, -0.1) is 0 Å². The molecule has 0 saturated heterocycles. The smallest absolute Gasteiger partial charge is 0.319 e. The number of halogens is 2.